The molecule has 1 aromatic carbocycles. The first-order valence-corrected chi connectivity index (χ1v) is 14.2. The van der Waals surface area contributed by atoms with E-state index in [0.717, 1.165) is 13.2 Å². The van der Waals surface area contributed by atoms with Gasteiger partial charge in [-0.2, -0.15) is 0 Å². The molecule has 0 aromatic heterocycles. The van der Waals surface area contributed by atoms with Gasteiger partial charge in [0, 0.05) is 30.0 Å². The van der Waals surface area contributed by atoms with Crippen molar-refractivity contribution < 1.29 is 43.2 Å². The van der Waals surface area contributed by atoms with Crippen LogP contribution in [0.4, 0.5) is 0 Å². The number of ketones is 3. The number of benzene rings is 1. The lowest BCUT2D eigenvalue weighted by atomic mass is 9.51. The Bertz CT molecular complexity index is 1460. The fourth-order valence-electron chi connectivity index (χ4n) is 6.44. The van der Waals surface area contributed by atoms with Crippen LogP contribution in [-0.4, -0.2) is 96.7 Å². The summed E-state index contributed by atoms with van der Waals surface area (Å²) in [4.78, 5) is 41.5. The summed E-state index contributed by atoms with van der Waals surface area (Å²) in [6.07, 6.45) is 0.671. The van der Waals surface area contributed by atoms with Gasteiger partial charge in [-0.05, 0) is 58.1 Å². The second kappa shape index (κ2) is 9.52. The van der Waals surface area contributed by atoms with E-state index in [4.69, 9.17) is 0 Å². The van der Waals surface area contributed by atoms with Crippen molar-refractivity contribution in [1.29, 1.82) is 0 Å². The van der Waals surface area contributed by atoms with Crippen LogP contribution in [0.25, 0.3) is 5.76 Å². The van der Waals surface area contributed by atoms with Crippen molar-refractivity contribution >= 4 is 33.1 Å². The quantitative estimate of drug-likeness (QED) is 0.239. The van der Waals surface area contributed by atoms with E-state index in [1.54, 1.807) is 13.1 Å². The van der Waals surface area contributed by atoms with Crippen LogP contribution in [-0.2, 0) is 37.4 Å². The van der Waals surface area contributed by atoms with Gasteiger partial charge in [0.15, 0.2) is 17.2 Å². The van der Waals surface area contributed by atoms with Crippen molar-refractivity contribution in [2.75, 3.05) is 33.9 Å². The molecule has 4 rings (SSSR count). The van der Waals surface area contributed by atoms with Gasteiger partial charge in [0.05, 0.1) is 17.9 Å². The van der Waals surface area contributed by atoms with Crippen LogP contribution in [0.2, 0.25) is 0 Å². The van der Waals surface area contributed by atoms with Gasteiger partial charge in [-0.25, -0.2) is 13.1 Å². The van der Waals surface area contributed by atoms with E-state index in [0.29, 0.717) is 17.7 Å². The van der Waals surface area contributed by atoms with Gasteiger partial charge in [-0.15, -0.1) is 0 Å². The van der Waals surface area contributed by atoms with Crippen molar-refractivity contribution in [1.82, 2.24) is 14.9 Å². The summed E-state index contributed by atoms with van der Waals surface area (Å²) in [5.41, 5.74) is -4.26. The maximum Gasteiger partial charge on any atom is 0.208 e. The molecule has 0 aliphatic heterocycles. The molecule has 212 valence electrons. The smallest absolute Gasteiger partial charge is 0.208 e. The normalized spacial score (nSPS) is 28.9. The molecule has 3 aliphatic carbocycles. The minimum absolute atomic E-state index is 0.0354. The molecule has 0 amide bonds. The molecule has 13 heteroatoms. The molecular weight excluding hydrogens is 530 g/mol. The standard InChI is InChI=1S/C26H33N3O9S/c1-12(30)17-22(33)20(29(3)4)15-9-25(11-28-39(5,37)38)8-14-13(10-27-2)6-7-16(31)18(14)21(32)19(25)24(35)26(15,36)23(17)34/h6-7,15,20,27-28,31-32,34,36H,8-11H2,1-5H3/t15-,20-,25-,26+/m0/s1. The van der Waals surface area contributed by atoms with Gasteiger partial charge >= 0.3 is 0 Å². The van der Waals surface area contributed by atoms with Gasteiger partial charge < -0.3 is 25.7 Å². The van der Waals surface area contributed by atoms with Crippen molar-refractivity contribution in [3.8, 4) is 5.75 Å². The Balaban J connectivity index is 2.08. The van der Waals surface area contributed by atoms with E-state index in [1.165, 1.54) is 25.1 Å². The molecule has 0 radical (unpaired) electrons. The number of carbonyl (C=O) groups excluding carboxylic acids is 3. The number of carbonyl (C=O) groups is 3. The van der Waals surface area contributed by atoms with Crippen LogP contribution in [0, 0.1) is 11.3 Å². The third-order valence-corrected chi connectivity index (χ3v) is 8.74. The topological polar surface area (TPSA) is 194 Å². The number of hydrogen-bond acceptors (Lipinski definition) is 11. The van der Waals surface area contributed by atoms with Crippen LogP contribution in [0.15, 0.2) is 29.0 Å². The Morgan fingerprint density at radius 2 is 1.82 bits per heavy atom. The predicted molar refractivity (Wildman–Crippen MR) is 140 cm³/mol. The van der Waals surface area contributed by atoms with Gasteiger partial charge in [0.1, 0.15) is 22.8 Å². The van der Waals surface area contributed by atoms with Crippen LogP contribution in [0.5, 0.6) is 5.75 Å². The molecule has 0 bridgehead atoms. The van der Waals surface area contributed by atoms with E-state index < -0.39 is 73.0 Å². The number of fused-ring (bicyclic) bond motifs is 3. The zero-order chi connectivity index (χ0) is 29.2. The monoisotopic (exact) mass is 563 g/mol. The lowest BCUT2D eigenvalue weighted by Crippen LogP contribution is -2.68. The minimum Gasteiger partial charge on any atom is -0.508 e. The number of phenolic OH excluding ortho intramolecular Hbond substituents is 1. The zero-order valence-electron chi connectivity index (χ0n) is 22.3. The summed E-state index contributed by atoms with van der Waals surface area (Å²) in [5, 5.41) is 48.2. The molecule has 1 aromatic rings. The number of nitrogens with zero attached hydrogens (tertiary/aromatic N) is 1. The summed E-state index contributed by atoms with van der Waals surface area (Å²) in [7, 11) is 0.943. The highest BCUT2D eigenvalue weighted by Crippen LogP contribution is 2.58. The molecular formula is C26H33N3O9S. The summed E-state index contributed by atoms with van der Waals surface area (Å²) in [6.45, 7) is 0.977. The highest BCUT2D eigenvalue weighted by Gasteiger charge is 2.67. The Labute approximate surface area is 226 Å². The molecule has 0 spiro atoms. The summed E-state index contributed by atoms with van der Waals surface area (Å²) < 4.78 is 26.8. The number of aliphatic hydroxyl groups excluding tert-OH is 2. The zero-order valence-corrected chi connectivity index (χ0v) is 23.1. The van der Waals surface area contributed by atoms with Crippen molar-refractivity contribution in [3.63, 3.8) is 0 Å². The Morgan fingerprint density at radius 3 is 2.36 bits per heavy atom. The molecule has 1 saturated carbocycles. The summed E-state index contributed by atoms with van der Waals surface area (Å²) in [6, 6.07) is 1.76. The molecule has 1 fully saturated rings. The van der Waals surface area contributed by atoms with E-state index >= 15 is 0 Å². The van der Waals surface area contributed by atoms with Gasteiger partial charge in [0.25, 0.3) is 0 Å². The molecule has 4 atom stereocenters. The van der Waals surface area contributed by atoms with Gasteiger partial charge in [-0.3, -0.25) is 19.3 Å². The number of sulfonamides is 1. The van der Waals surface area contributed by atoms with Gasteiger partial charge in [0.2, 0.25) is 15.8 Å². The van der Waals surface area contributed by atoms with E-state index in [1.807, 2.05) is 0 Å². The molecule has 6 N–H and O–H groups in total. The molecule has 0 saturated heterocycles. The summed E-state index contributed by atoms with van der Waals surface area (Å²) in [5.74, 6) is -6.21. The van der Waals surface area contributed by atoms with Crippen molar-refractivity contribution in [2.24, 2.45) is 11.3 Å². The maximum atomic E-state index is 14.3. The summed E-state index contributed by atoms with van der Waals surface area (Å²) >= 11 is 0. The average Bonchev–Trinajstić information content (AvgIpc) is 2.81. The number of aliphatic hydroxyl groups is 3. The number of hydrogen-bond donors (Lipinski definition) is 6. The fourth-order valence-corrected chi connectivity index (χ4v) is 6.98. The number of rotatable bonds is 7. The highest BCUT2D eigenvalue weighted by atomic mass is 32.2. The molecule has 39 heavy (non-hydrogen) atoms. The van der Waals surface area contributed by atoms with Gasteiger partial charge in [-0.1, -0.05) is 6.07 Å². The third-order valence-electron chi connectivity index (χ3n) is 8.07. The Kier molecular flexibility index (Phi) is 7.06. The van der Waals surface area contributed by atoms with E-state index in [2.05, 4.69) is 10.0 Å². The lowest BCUT2D eigenvalue weighted by Gasteiger charge is -2.55. The molecule has 0 unspecified atom stereocenters. The third kappa shape index (κ3) is 4.28. The largest absolute Gasteiger partial charge is 0.508 e. The first kappa shape index (κ1) is 28.9. The number of phenols is 1. The highest BCUT2D eigenvalue weighted by molar-refractivity contribution is 7.88. The minimum atomic E-state index is -3.81. The maximum absolute atomic E-state index is 14.3. The first-order valence-electron chi connectivity index (χ1n) is 12.3. The number of nitrogens with one attached hydrogen (secondary N) is 2. The van der Waals surface area contributed by atoms with Crippen LogP contribution < -0.4 is 10.0 Å². The lowest BCUT2D eigenvalue weighted by molar-refractivity contribution is -0.157. The Hall–Kier alpha value is -3.10. The van der Waals surface area contributed by atoms with Crippen LogP contribution in [0.3, 0.4) is 0 Å². The second-order valence-electron chi connectivity index (χ2n) is 10.9. The predicted octanol–water partition coefficient (Wildman–Crippen LogP) is -0.293. The van der Waals surface area contributed by atoms with Crippen LogP contribution in [0.1, 0.15) is 30.0 Å². The molecule has 12 nitrogen and oxygen atoms in total. The molecule has 3 aliphatic rings. The Morgan fingerprint density at radius 1 is 1.18 bits per heavy atom. The second-order valence-corrected chi connectivity index (χ2v) is 12.7. The SMILES string of the molecule is CNCc1ccc(O)c2c1C[C@@]1(CNS(C)(=O)=O)C[C@H]3[C@H](N(C)C)C(=O)C(C(C)=O)=C(O)[C@@]3(O)C(=O)C1=C2O. The number of Topliss-reactive ketones (excluding diaryl/α,β-unsaturated/α-hetero) is 3. The molecule has 0 heterocycles. The van der Waals surface area contributed by atoms with Crippen molar-refractivity contribution in [3.05, 3.63) is 45.7 Å². The first-order chi connectivity index (χ1) is 18.0. The number of aromatic hydroxyl groups is 1. The average molecular weight is 564 g/mol. The fraction of sp³-hybridized carbons (Fsp3) is 0.500. The van der Waals surface area contributed by atoms with E-state index in [-0.39, 0.29) is 30.7 Å². The van der Waals surface area contributed by atoms with Crippen molar-refractivity contribution in [2.45, 2.75) is 38.0 Å². The van der Waals surface area contributed by atoms with Crippen LogP contribution >= 0.6 is 0 Å². The van der Waals surface area contributed by atoms with E-state index in [9.17, 15) is 43.2 Å². The number of likely N-dealkylation sites (N-methyl/N-ethyl adjacent to an activating group) is 1.